The molecule has 0 spiro atoms. The largest absolute Gasteiger partial charge is 0.462 e. The van der Waals surface area contributed by atoms with Crippen molar-refractivity contribution in [2.75, 3.05) is 6.61 Å². The van der Waals surface area contributed by atoms with Crippen LogP contribution >= 0.6 is 0 Å². The lowest BCUT2D eigenvalue weighted by molar-refractivity contribution is 0.0461. The summed E-state index contributed by atoms with van der Waals surface area (Å²) >= 11 is 0. The average molecular weight is 337 g/mol. The summed E-state index contributed by atoms with van der Waals surface area (Å²) < 4.78 is 12.2. The molecule has 0 aliphatic carbocycles. The first kappa shape index (κ1) is 16.8. The van der Waals surface area contributed by atoms with Crippen molar-refractivity contribution in [1.29, 1.82) is 0 Å². The topological polar surface area (TPSA) is 57.5 Å². The van der Waals surface area contributed by atoms with E-state index in [4.69, 9.17) is 9.47 Å². The van der Waals surface area contributed by atoms with E-state index in [9.17, 15) is 9.59 Å². The summed E-state index contributed by atoms with van der Waals surface area (Å²) in [5, 5.41) is 0.791. The maximum atomic E-state index is 12.4. The fourth-order valence-electron chi connectivity index (χ4n) is 2.68. The summed E-state index contributed by atoms with van der Waals surface area (Å²) in [6, 6.07) is 16.5. The van der Waals surface area contributed by atoms with E-state index in [1.807, 2.05) is 30.3 Å². The number of carbonyl (C=O) groups is 2. The lowest BCUT2D eigenvalue weighted by Crippen LogP contribution is -2.09. The Morgan fingerprint density at radius 1 is 0.960 bits per heavy atom. The smallest absolute Gasteiger partial charge is 0.355 e. The highest BCUT2D eigenvalue weighted by molar-refractivity contribution is 5.99. The van der Waals surface area contributed by atoms with Crippen molar-refractivity contribution in [3.05, 3.63) is 71.4 Å². The van der Waals surface area contributed by atoms with Crippen LogP contribution in [-0.2, 0) is 23.1 Å². The minimum Gasteiger partial charge on any atom is -0.462 e. The molecule has 128 valence electrons. The molecule has 0 N–H and O–H groups in total. The van der Waals surface area contributed by atoms with Crippen LogP contribution in [0.25, 0.3) is 10.9 Å². The van der Waals surface area contributed by atoms with Gasteiger partial charge in [0.05, 0.1) is 12.2 Å². The number of nitrogens with zero attached hydrogens (tertiary/aromatic N) is 1. The van der Waals surface area contributed by atoms with Crippen molar-refractivity contribution in [1.82, 2.24) is 4.57 Å². The molecule has 1 heterocycles. The zero-order chi connectivity index (χ0) is 17.8. The summed E-state index contributed by atoms with van der Waals surface area (Å²) in [6.45, 7) is 2.30. The Kier molecular flexibility index (Phi) is 4.84. The number of hydrogen-bond donors (Lipinski definition) is 0. The van der Waals surface area contributed by atoms with Gasteiger partial charge in [-0.3, -0.25) is 0 Å². The molecule has 0 bridgehead atoms. The molecule has 0 radical (unpaired) electrons. The van der Waals surface area contributed by atoms with Gasteiger partial charge >= 0.3 is 11.9 Å². The predicted octanol–water partition coefficient (Wildman–Crippen LogP) is 3.71. The van der Waals surface area contributed by atoms with Crippen LogP contribution in [0.4, 0.5) is 0 Å². The molecule has 0 atom stereocenters. The van der Waals surface area contributed by atoms with Gasteiger partial charge in [-0.05, 0) is 36.8 Å². The number of benzene rings is 2. The second-order valence-corrected chi connectivity index (χ2v) is 5.64. The van der Waals surface area contributed by atoms with E-state index in [0.29, 0.717) is 17.9 Å². The van der Waals surface area contributed by atoms with Crippen LogP contribution in [0.1, 0.15) is 33.3 Å². The van der Waals surface area contributed by atoms with Gasteiger partial charge in [0.25, 0.3) is 0 Å². The van der Waals surface area contributed by atoms with E-state index in [1.165, 1.54) is 0 Å². The SMILES string of the molecule is CCOC(=O)c1ccc2c(c1)cc(C(=O)OCc1ccccc1)n2C. The molecule has 0 aliphatic heterocycles. The van der Waals surface area contributed by atoms with Crippen molar-refractivity contribution in [2.24, 2.45) is 7.05 Å². The van der Waals surface area contributed by atoms with E-state index >= 15 is 0 Å². The third-order valence-corrected chi connectivity index (χ3v) is 3.98. The van der Waals surface area contributed by atoms with Crippen LogP contribution in [0, 0.1) is 0 Å². The molecule has 0 saturated heterocycles. The fraction of sp³-hybridized carbons (Fsp3) is 0.200. The molecule has 3 rings (SSSR count). The van der Waals surface area contributed by atoms with Crippen LogP contribution in [0.3, 0.4) is 0 Å². The van der Waals surface area contributed by atoms with E-state index in [-0.39, 0.29) is 12.6 Å². The number of aromatic nitrogens is 1. The minimum absolute atomic E-state index is 0.218. The predicted molar refractivity (Wildman–Crippen MR) is 94.4 cm³/mol. The number of hydrogen-bond acceptors (Lipinski definition) is 4. The van der Waals surface area contributed by atoms with Gasteiger partial charge in [-0.15, -0.1) is 0 Å². The maximum Gasteiger partial charge on any atom is 0.355 e. The van der Waals surface area contributed by atoms with Gasteiger partial charge in [0, 0.05) is 18.0 Å². The van der Waals surface area contributed by atoms with Gasteiger partial charge in [0.15, 0.2) is 0 Å². The Hall–Kier alpha value is -3.08. The molecular formula is C20H19NO4. The number of esters is 2. The Labute approximate surface area is 145 Å². The highest BCUT2D eigenvalue weighted by atomic mass is 16.5. The van der Waals surface area contributed by atoms with Crippen LogP contribution in [0.2, 0.25) is 0 Å². The standard InChI is InChI=1S/C20H19NO4/c1-3-24-19(22)15-9-10-17-16(11-15)12-18(21(17)2)20(23)25-13-14-7-5-4-6-8-14/h4-12H,3,13H2,1-2H3. The van der Waals surface area contributed by atoms with E-state index < -0.39 is 5.97 Å². The molecular weight excluding hydrogens is 318 g/mol. The van der Waals surface area contributed by atoms with Crippen molar-refractivity contribution < 1.29 is 19.1 Å². The Morgan fingerprint density at radius 3 is 2.44 bits per heavy atom. The van der Waals surface area contributed by atoms with Gasteiger partial charge in [0.1, 0.15) is 12.3 Å². The number of fused-ring (bicyclic) bond motifs is 1. The lowest BCUT2D eigenvalue weighted by Gasteiger charge is -2.06. The average Bonchev–Trinajstić information content (AvgIpc) is 2.97. The molecule has 2 aromatic carbocycles. The third kappa shape index (κ3) is 3.55. The summed E-state index contributed by atoms with van der Waals surface area (Å²) in [6.07, 6.45) is 0. The van der Waals surface area contributed by atoms with Crippen LogP contribution in [-0.4, -0.2) is 23.1 Å². The molecule has 5 heteroatoms. The number of carbonyl (C=O) groups excluding carboxylic acids is 2. The number of aryl methyl sites for hydroxylation is 1. The molecule has 3 aromatic rings. The van der Waals surface area contributed by atoms with E-state index in [0.717, 1.165) is 16.5 Å². The lowest BCUT2D eigenvalue weighted by atomic mass is 10.1. The number of ether oxygens (including phenoxy) is 2. The number of rotatable bonds is 5. The monoisotopic (exact) mass is 337 g/mol. The Morgan fingerprint density at radius 2 is 1.72 bits per heavy atom. The van der Waals surface area contributed by atoms with Gasteiger partial charge in [0.2, 0.25) is 0 Å². The highest BCUT2D eigenvalue weighted by Gasteiger charge is 2.16. The maximum absolute atomic E-state index is 12.4. The first-order chi connectivity index (χ1) is 12.1. The first-order valence-corrected chi connectivity index (χ1v) is 8.08. The Balaban J connectivity index is 1.82. The summed E-state index contributed by atoms with van der Waals surface area (Å²) in [5.74, 6) is -0.776. The fourth-order valence-corrected chi connectivity index (χ4v) is 2.68. The van der Waals surface area contributed by atoms with Crippen LogP contribution in [0.15, 0.2) is 54.6 Å². The van der Waals surface area contributed by atoms with E-state index in [1.54, 1.807) is 42.8 Å². The van der Waals surface area contributed by atoms with Gasteiger partial charge < -0.3 is 14.0 Å². The summed E-state index contributed by atoms with van der Waals surface area (Å²) in [7, 11) is 1.80. The molecule has 0 fully saturated rings. The van der Waals surface area contributed by atoms with Crippen LogP contribution in [0.5, 0.6) is 0 Å². The van der Waals surface area contributed by atoms with Crippen molar-refractivity contribution >= 4 is 22.8 Å². The van der Waals surface area contributed by atoms with Crippen molar-refractivity contribution in [3.63, 3.8) is 0 Å². The first-order valence-electron chi connectivity index (χ1n) is 8.08. The van der Waals surface area contributed by atoms with Gasteiger partial charge in [-0.1, -0.05) is 30.3 Å². The molecule has 0 aliphatic rings. The summed E-state index contributed by atoms with van der Waals surface area (Å²) in [4.78, 5) is 24.2. The molecule has 5 nitrogen and oxygen atoms in total. The summed E-state index contributed by atoms with van der Waals surface area (Å²) in [5.41, 5.74) is 2.68. The highest BCUT2D eigenvalue weighted by Crippen LogP contribution is 2.22. The Bertz CT molecular complexity index is 912. The minimum atomic E-state index is -0.403. The van der Waals surface area contributed by atoms with Gasteiger partial charge in [-0.2, -0.15) is 0 Å². The van der Waals surface area contributed by atoms with Crippen molar-refractivity contribution in [3.8, 4) is 0 Å². The molecule has 0 amide bonds. The van der Waals surface area contributed by atoms with Crippen LogP contribution < -0.4 is 0 Å². The molecule has 0 unspecified atom stereocenters. The third-order valence-electron chi connectivity index (χ3n) is 3.98. The normalized spacial score (nSPS) is 10.6. The zero-order valence-corrected chi connectivity index (χ0v) is 14.2. The molecule has 0 saturated carbocycles. The quantitative estimate of drug-likeness (QED) is 0.666. The molecule has 1 aromatic heterocycles. The second kappa shape index (κ2) is 7.21. The molecule has 25 heavy (non-hydrogen) atoms. The zero-order valence-electron chi connectivity index (χ0n) is 14.2. The second-order valence-electron chi connectivity index (χ2n) is 5.64. The van der Waals surface area contributed by atoms with Crippen molar-refractivity contribution in [2.45, 2.75) is 13.5 Å². The van der Waals surface area contributed by atoms with Gasteiger partial charge in [-0.25, -0.2) is 9.59 Å². The van der Waals surface area contributed by atoms with E-state index in [2.05, 4.69) is 0 Å².